The van der Waals surface area contributed by atoms with Crippen LogP contribution < -0.4 is 10.0 Å². The molecule has 172 valence electrons. The summed E-state index contributed by atoms with van der Waals surface area (Å²) in [5.41, 5.74) is 0.288. The number of benzene rings is 2. The van der Waals surface area contributed by atoms with Crippen LogP contribution in [0.1, 0.15) is 17.3 Å². The van der Waals surface area contributed by atoms with E-state index in [0.29, 0.717) is 4.34 Å². The molecule has 0 bridgehead atoms. The smallest absolute Gasteiger partial charge is 0.338 e. The number of anilines is 2. The van der Waals surface area contributed by atoms with Crippen molar-refractivity contribution in [1.29, 1.82) is 0 Å². The summed E-state index contributed by atoms with van der Waals surface area (Å²) < 4.78 is 32.5. The molecule has 1 heterocycles. The number of ether oxygens (including phenoxy) is 1. The Morgan fingerprint density at radius 2 is 1.79 bits per heavy atom. The lowest BCUT2D eigenvalue weighted by Crippen LogP contribution is -2.30. The zero-order chi connectivity index (χ0) is 24.2. The van der Waals surface area contributed by atoms with Crippen LogP contribution in [0.5, 0.6) is 0 Å². The average molecular weight is 510 g/mol. The van der Waals surface area contributed by atoms with Crippen molar-refractivity contribution in [2.75, 3.05) is 10.0 Å². The molecule has 0 fully saturated rings. The fraction of sp³-hybridized carbons (Fsp3) is 0.100. The second-order valence-electron chi connectivity index (χ2n) is 6.59. The van der Waals surface area contributed by atoms with Crippen LogP contribution in [-0.4, -0.2) is 31.3 Å². The van der Waals surface area contributed by atoms with Crippen molar-refractivity contribution >= 4 is 61.9 Å². The van der Waals surface area contributed by atoms with Crippen LogP contribution in [0.15, 0.2) is 64.9 Å². The van der Waals surface area contributed by atoms with Gasteiger partial charge < -0.3 is 10.1 Å². The highest BCUT2D eigenvalue weighted by molar-refractivity contribution is 7.94. The van der Waals surface area contributed by atoms with Crippen molar-refractivity contribution in [3.8, 4) is 0 Å². The van der Waals surface area contributed by atoms with Gasteiger partial charge in [0.2, 0.25) is 0 Å². The van der Waals surface area contributed by atoms with Crippen molar-refractivity contribution < 1.29 is 27.7 Å². The molecule has 0 aliphatic rings. The third-order valence-electron chi connectivity index (χ3n) is 4.16. The van der Waals surface area contributed by atoms with Gasteiger partial charge in [-0.25, -0.2) is 13.2 Å². The van der Waals surface area contributed by atoms with Crippen molar-refractivity contribution in [2.45, 2.75) is 17.2 Å². The van der Waals surface area contributed by atoms with Crippen molar-refractivity contribution in [1.82, 2.24) is 0 Å². The van der Waals surface area contributed by atoms with E-state index in [2.05, 4.69) is 10.0 Å². The second kappa shape index (κ2) is 9.98. The molecule has 3 rings (SSSR count). The summed E-state index contributed by atoms with van der Waals surface area (Å²) in [6.07, 6.45) is -1.20. The fourth-order valence-electron chi connectivity index (χ4n) is 2.55. The third-order valence-corrected chi connectivity index (χ3v) is 7.27. The van der Waals surface area contributed by atoms with E-state index >= 15 is 0 Å². The maximum absolute atomic E-state index is 12.3. The minimum Gasteiger partial charge on any atom is -0.449 e. The second-order valence-corrected chi connectivity index (χ2v) is 10.2. The Bertz CT molecular complexity index is 1310. The number of carbonyl (C=O) groups excluding carboxylic acids is 2. The number of nitro groups is 1. The van der Waals surface area contributed by atoms with E-state index in [4.69, 9.17) is 16.3 Å². The molecule has 0 spiro atoms. The number of carbonyl (C=O) groups is 2. The van der Waals surface area contributed by atoms with E-state index in [0.717, 1.165) is 11.3 Å². The van der Waals surface area contributed by atoms with Crippen molar-refractivity contribution in [3.05, 3.63) is 80.7 Å². The number of sulfonamides is 1. The Kier molecular flexibility index (Phi) is 7.31. The molecule has 1 aromatic heterocycles. The van der Waals surface area contributed by atoms with E-state index in [-0.39, 0.29) is 26.8 Å². The Hall–Kier alpha value is -3.48. The average Bonchev–Trinajstić information content (AvgIpc) is 3.21. The summed E-state index contributed by atoms with van der Waals surface area (Å²) in [6.45, 7) is 1.35. The number of esters is 1. The Morgan fingerprint density at radius 1 is 1.09 bits per heavy atom. The molecular formula is C20H16ClN3O7S2. The molecule has 0 aliphatic heterocycles. The first-order chi connectivity index (χ1) is 15.5. The lowest BCUT2D eigenvalue weighted by atomic mass is 10.2. The molecule has 0 aliphatic carbocycles. The normalized spacial score (nSPS) is 11.9. The highest BCUT2D eigenvalue weighted by atomic mass is 35.5. The summed E-state index contributed by atoms with van der Waals surface area (Å²) in [7, 11) is -3.82. The van der Waals surface area contributed by atoms with Crippen LogP contribution in [0.3, 0.4) is 0 Å². The number of amides is 1. The SMILES string of the molecule is C[C@@H](OC(=O)c1ccc(NS(=O)(=O)c2ccc(Cl)s2)cc1)C(=O)Nc1cccc([N+](=O)[O-])c1. The molecule has 33 heavy (non-hydrogen) atoms. The van der Waals surface area contributed by atoms with Crippen molar-refractivity contribution in [3.63, 3.8) is 0 Å². The Labute approximate surface area is 197 Å². The molecular weight excluding hydrogens is 494 g/mol. The molecule has 13 heteroatoms. The van der Waals surface area contributed by atoms with Gasteiger partial charge in [0.1, 0.15) is 4.21 Å². The zero-order valence-electron chi connectivity index (χ0n) is 16.9. The standard InChI is InChI=1S/C20H16ClN3O7S2/c1-12(19(25)22-15-3-2-4-16(11-15)24(27)28)31-20(26)13-5-7-14(8-6-13)23-33(29,30)18-10-9-17(21)32-18/h2-12,23H,1H3,(H,22,25)/t12-/m1/s1. The quantitative estimate of drug-likeness (QED) is 0.261. The van der Waals surface area contributed by atoms with E-state index in [1.807, 2.05) is 0 Å². The first kappa shape index (κ1) is 24.2. The summed E-state index contributed by atoms with van der Waals surface area (Å²) in [5, 5.41) is 13.3. The number of nitrogens with one attached hydrogen (secondary N) is 2. The van der Waals surface area contributed by atoms with Gasteiger partial charge in [-0.3, -0.25) is 19.6 Å². The molecule has 1 amide bonds. The molecule has 1 atom stereocenters. The molecule has 0 saturated heterocycles. The molecule has 2 aromatic carbocycles. The number of halogens is 1. The molecule has 0 saturated carbocycles. The molecule has 10 nitrogen and oxygen atoms in total. The van der Waals surface area contributed by atoms with Gasteiger partial charge in [-0.05, 0) is 49.4 Å². The molecule has 0 radical (unpaired) electrons. The van der Waals surface area contributed by atoms with E-state index < -0.39 is 32.9 Å². The predicted molar refractivity (Wildman–Crippen MR) is 123 cm³/mol. The van der Waals surface area contributed by atoms with Gasteiger partial charge in [0, 0.05) is 23.5 Å². The zero-order valence-corrected chi connectivity index (χ0v) is 19.2. The minimum atomic E-state index is -3.82. The van der Waals surface area contributed by atoms with E-state index in [9.17, 15) is 28.1 Å². The van der Waals surface area contributed by atoms with E-state index in [1.54, 1.807) is 0 Å². The van der Waals surface area contributed by atoms with Crippen LogP contribution in [0, 0.1) is 10.1 Å². The topological polar surface area (TPSA) is 145 Å². The number of non-ortho nitro benzene ring substituents is 1. The van der Waals surface area contributed by atoms with Crippen LogP contribution in [0.2, 0.25) is 4.34 Å². The Balaban J connectivity index is 1.60. The number of rotatable bonds is 8. The lowest BCUT2D eigenvalue weighted by Gasteiger charge is -2.14. The van der Waals surface area contributed by atoms with Crippen LogP contribution >= 0.6 is 22.9 Å². The molecule has 2 N–H and O–H groups in total. The van der Waals surface area contributed by atoms with Gasteiger partial charge in [-0.2, -0.15) is 0 Å². The summed E-state index contributed by atoms with van der Waals surface area (Å²) in [6, 6.07) is 13.6. The number of nitrogens with zero attached hydrogens (tertiary/aromatic N) is 1. The first-order valence-corrected chi connectivity index (χ1v) is 11.9. The van der Waals surface area contributed by atoms with Gasteiger partial charge in [0.05, 0.1) is 14.8 Å². The monoisotopic (exact) mass is 509 g/mol. The van der Waals surface area contributed by atoms with Crippen LogP contribution in [0.25, 0.3) is 0 Å². The molecule has 3 aromatic rings. The summed E-state index contributed by atoms with van der Waals surface area (Å²) in [4.78, 5) is 34.8. The van der Waals surface area contributed by atoms with Gasteiger partial charge >= 0.3 is 5.97 Å². The third kappa shape index (κ3) is 6.28. The highest BCUT2D eigenvalue weighted by Gasteiger charge is 2.21. The molecule has 0 unspecified atom stereocenters. The van der Waals surface area contributed by atoms with Gasteiger partial charge in [0.25, 0.3) is 21.6 Å². The maximum Gasteiger partial charge on any atom is 0.338 e. The van der Waals surface area contributed by atoms with Gasteiger partial charge in [-0.15, -0.1) is 11.3 Å². The Morgan fingerprint density at radius 3 is 2.39 bits per heavy atom. The number of hydrogen-bond acceptors (Lipinski definition) is 8. The highest BCUT2D eigenvalue weighted by Crippen LogP contribution is 2.27. The number of thiophene rings is 1. The maximum atomic E-state index is 12.3. The van der Waals surface area contributed by atoms with Crippen molar-refractivity contribution in [2.24, 2.45) is 0 Å². The van der Waals surface area contributed by atoms with Crippen LogP contribution in [-0.2, 0) is 19.6 Å². The van der Waals surface area contributed by atoms with E-state index in [1.165, 1.54) is 67.6 Å². The predicted octanol–water partition coefficient (Wildman–Crippen LogP) is 4.29. The minimum absolute atomic E-state index is 0.0413. The first-order valence-electron chi connectivity index (χ1n) is 9.20. The summed E-state index contributed by atoms with van der Waals surface area (Å²) >= 11 is 6.68. The number of nitro benzene ring substituents is 1. The summed E-state index contributed by atoms with van der Waals surface area (Å²) in [5.74, 6) is -1.49. The number of hydrogen-bond donors (Lipinski definition) is 2. The fourth-order valence-corrected chi connectivity index (χ4v) is 5.09. The lowest BCUT2D eigenvalue weighted by molar-refractivity contribution is -0.384. The largest absolute Gasteiger partial charge is 0.449 e. The van der Waals surface area contributed by atoms with Gasteiger partial charge in [0.15, 0.2) is 6.10 Å². The van der Waals surface area contributed by atoms with Crippen LogP contribution in [0.4, 0.5) is 17.1 Å². The van der Waals surface area contributed by atoms with Gasteiger partial charge in [-0.1, -0.05) is 17.7 Å².